The number of amides is 1. The van der Waals surface area contributed by atoms with Crippen molar-refractivity contribution >= 4 is 5.91 Å². The molecule has 2 rings (SSSR count). The third-order valence-corrected chi connectivity index (χ3v) is 4.24. The minimum absolute atomic E-state index is 0.0619. The van der Waals surface area contributed by atoms with Crippen molar-refractivity contribution in [3.05, 3.63) is 65.0 Å². The molecule has 0 atom stereocenters. The molecule has 2 aromatic carbocycles. The van der Waals surface area contributed by atoms with Crippen LogP contribution in [0.4, 0.5) is 4.39 Å². The molecule has 1 amide bonds. The predicted molar refractivity (Wildman–Crippen MR) is 102 cm³/mol. The molecule has 0 aliphatic heterocycles. The van der Waals surface area contributed by atoms with Crippen LogP contribution in [0.3, 0.4) is 0 Å². The first-order valence-corrected chi connectivity index (χ1v) is 8.73. The maximum atomic E-state index is 14.0. The van der Waals surface area contributed by atoms with Gasteiger partial charge in [0.15, 0.2) is 6.61 Å². The van der Waals surface area contributed by atoms with Gasteiger partial charge in [0.2, 0.25) is 0 Å². The van der Waals surface area contributed by atoms with Gasteiger partial charge in [-0.25, -0.2) is 4.39 Å². The number of aryl methyl sites for hydroxylation is 2. The topological polar surface area (TPSA) is 32.8 Å². The van der Waals surface area contributed by atoms with E-state index in [1.807, 2.05) is 51.0 Å². The fourth-order valence-electron chi connectivity index (χ4n) is 2.70. The first-order chi connectivity index (χ1) is 12.4. The smallest absolute Gasteiger partial charge is 0.260 e. The summed E-state index contributed by atoms with van der Waals surface area (Å²) in [5, 5.41) is 0. The Morgan fingerprint density at radius 1 is 1.00 bits per heavy atom. The summed E-state index contributed by atoms with van der Waals surface area (Å²) in [6, 6.07) is 12.4. The third-order valence-electron chi connectivity index (χ3n) is 4.24. The Bertz CT molecular complexity index is 726. The highest BCUT2D eigenvalue weighted by Crippen LogP contribution is 2.22. The highest BCUT2D eigenvalue weighted by molar-refractivity contribution is 5.78. The summed E-state index contributed by atoms with van der Waals surface area (Å²) < 4.78 is 19.8. The van der Waals surface area contributed by atoms with Crippen molar-refractivity contribution in [2.75, 3.05) is 33.8 Å². The summed E-state index contributed by atoms with van der Waals surface area (Å²) in [7, 11) is 3.89. The van der Waals surface area contributed by atoms with Gasteiger partial charge in [-0.3, -0.25) is 4.79 Å². The lowest BCUT2D eigenvalue weighted by Gasteiger charge is -2.25. The molecule has 0 aliphatic rings. The van der Waals surface area contributed by atoms with Crippen LogP contribution in [0.5, 0.6) is 5.75 Å². The number of para-hydroxylation sites is 1. The zero-order valence-electron chi connectivity index (χ0n) is 16.0. The Hall–Kier alpha value is -2.40. The Kier molecular flexibility index (Phi) is 7.16. The highest BCUT2D eigenvalue weighted by Gasteiger charge is 2.17. The zero-order chi connectivity index (χ0) is 19.1. The summed E-state index contributed by atoms with van der Waals surface area (Å²) in [4.78, 5) is 16.4. The van der Waals surface area contributed by atoms with E-state index in [4.69, 9.17) is 4.74 Å². The number of likely N-dealkylation sites (N-methyl/N-ethyl adjacent to an activating group) is 1. The van der Waals surface area contributed by atoms with E-state index in [0.29, 0.717) is 18.7 Å². The van der Waals surface area contributed by atoms with Crippen LogP contribution in [0.2, 0.25) is 0 Å². The van der Waals surface area contributed by atoms with E-state index in [1.165, 1.54) is 6.07 Å². The van der Waals surface area contributed by atoms with Gasteiger partial charge in [0.25, 0.3) is 5.91 Å². The van der Waals surface area contributed by atoms with Crippen molar-refractivity contribution in [2.24, 2.45) is 0 Å². The average molecular weight is 358 g/mol. The molecule has 26 heavy (non-hydrogen) atoms. The van der Waals surface area contributed by atoms with E-state index in [1.54, 1.807) is 23.1 Å². The number of rotatable bonds is 8. The SMILES string of the molecule is Cc1cccc(C)c1OCC(=O)N(CCN(C)C)Cc1ccccc1F. The monoisotopic (exact) mass is 358 g/mol. The van der Waals surface area contributed by atoms with Crippen molar-refractivity contribution in [3.63, 3.8) is 0 Å². The van der Waals surface area contributed by atoms with Crippen LogP contribution in [-0.2, 0) is 11.3 Å². The Labute approximate surface area is 155 Å². The van der Waals surface area contributed by atoms with E-state index < -0.39 is 0 Å². The minimum Gasteiger partial charge on any atom is -0.483 e. The lowest BCUT2D eigenvalue weighted by Crippen LogP contribution is -2.39. The number of hydrogen-bond donors (Lipinski definition) is 0. The fourth-order valence-corrected chi connectivity index (χ4v) is 2.70. The number of halogens is 1. The average Bonchev–Trinajstić information content (AvgIpc) is 2.59. The molecule has 2 aromatic rings. The second kappa shape index (κ2) is 9.34. The second-order valence-corrected chi connectivity index (χ2v) is 6.72. The Balaban J connectivity index is 2.08. The first kappa shape index (κ1) is 19.9. The lowest BCUT2D eigenvalue weighted by molar-refractivity contribution is -0.134. The Morgan fingerprint density at radius 2 is 1.65 bits per heavy atom. The van der Waals surface area contributed by atoms with Gasteiger partial charge in [0, 0.05) is 25.2 Å². The third kappa shape index (κ3) is 5.56. The molecule has 5 heteroatoms. The van der Waals surface area contributed by atoms with E-state index in [0.717, 1.165) is 16.9 Å². The summed E-state index contributed by atoms with van der Waals surface area (Å²) in [6.07, 6.45) is 0. The number of carbonyl (C=O) groups is 1. The van der Waals surface area contributed by atoms with Crippen molar-refractivity contribution in [2.45, 2.75) is 20.4 Å². The number of ether oxygens (including phenoxy) is 1. The van der Waals surface area contributed by atoms with Gasteiger partial charge in [-0.15, -0.1) is 0 Å². The van der Waals surface area contributed by atoms with Crippen LogP contribution in [-0.4, -0.2) is 49.5 Å². The van der Waals surface area contributed by atoms with Crippen molar-refractivity contribution in [3.8, 4) is 5.75 Å². The van der Waals surface area contributed by atoms with E-state index in [-0.39, 0.29) is 24.9 Å². The van der Waals surface area contributed by atoms with Gasteiger partial charge in [-0.1, -0.05) is 36.4 Å². The highest BCUT2D eigenvalue weighted by atomic mass is 19.1. The van der Waals surface area contributed by atoms with E-state index in [9.17, 15) is 9.18 Å². The van der Waals surface area contributed by atoms with Crippen LogP contribution in [0.1, 0.15) is 16.7 Å². The number of hydrogen-bond acceptors (Lipinski definition) is 3. The van der Waals surface area contributed by atoms with Crippen molar-refractivity contribution in [1.82, 2.24) is 9.80 Å². The quantitative estimate of drug-likeness (QED) is 0.725. The standard InChI is InChI=1S/C21H27FN2O2/c1-16-8-7-9-17(2)21(16)26-15-20(25)24(13-12-23(3)4)14-18-10-5-6-11-19(18)22/h5-11H,12-15H2,1-4H3. The van der Waals surface area contributed by atoms with Crippen LogP contribution < -0.4 is 4.74 Å². The molecule has 4 nitrogen and oxygen atoms in total. The fraction of sp³-hybridized carbons (Fsp3) is 0.381. The lowest BCUT2D eigenvalue weighted by atomic mass is 10.1. The number of benzene rings is 2. The second-order valence-electron chi connectivity index (χ2n) is 6.72. The molecule has 0 heterocycles. The van der Waals surface area contributed by atoms with Gasteiger partial charge < -0.3 is 14.5 Å². The molecule has 0 saturated carbocycles. The molecule has 0 N–H and O–H groups in total. The summed E-state index contributed by atoms with van der Waals surface area (Å²) in [6.45, 7) is 5.29. The van der Waals surface area contributed by atoms with Crippen LogP contribution in [0, 0.1) is 19.7 Å². The zero-order valence-corrected chi connectivity index (χ0v) is 16.0. The molecule has 0 radical (unpaired) electrons. The van der Waals surface area contributed by atoms with Crippen LogP contribution in [0.15, 0.2) is 42.5 Å². The minimum atomic E-state index is -0.300. The molecular formula is C21H27FN2O2. The number of nitrogens with zero attached hydrogens (tertiary/aromatic N) is 2. The summed E-state index contributed by atoms with van der Waals surface area (Å²) in [5.74, 6) is 0.280. The Morgan fingerprint density at radius 3 is 2.27 bits per heavy atom. The molecule has 0 fully saturated rings. The van der Waals surface area contributed by atoms with Crippen LogP contribution in [0.25, 0.3) is 0 Å². The van der Waals surface area contributed by atoms with E-state index in [2.05, 4.69) is 0 Å². The van der Waals surface area contributed by atoms with E-state index >= 15 is 0 Å². The van der Waals surface area contributed by atoms with Gasteiger partial charge in [0.05, 0.1) is 0 Å². The summed E-state index contributed by atoms with van der Waals surface area (Å²) in [5.41, 5.74) is 2.49. The molecule has 0 saturated heterocycles. The largest absolute Gasteiger partial charge is 0.483 e. The van der Waals surface area contributed by atoms with Crippen molar-refractivity contribution < 1.29 is 13.9 Å². The normalized spacial score (nSPS) is 10.8. The first-order valence-electron chi connectivity index (χ1n) is 8.73. The van der Waals surface area contributed by atoms with Gasteiger partial charge >= 0.3 is 0 Å². The van der Waals surface area contributed by atoms with Crippen molar-refractivity contribution in [1.29, 1.82) is 0 Å². The molecule has 0 aromatic heterocycles. The number of carbonyl (C=O) groups excluding carboxylic acids is 1. The molecule has 0 spiro atoms. The maximum Gasteiger partial charge on any atom is 0.260 e. The van der Waals surface area contributed by atoms with Gasteiger partial charge in [-0.2, -0.15) is 0 Å². The molecule has 0 bridgehead atoms. The summed E-state index contributed by atoms with van der Waals surface area (Å²) >= 11 is 0. The van der Waals surface area contributed by atoms with Gasteiger partial charge in [0.1, 0.15) is 11.6 Å². The predicted octanol–water partition coefficient (Wildman–Crippen LogP) is 3.41. The molecular weight excluding hydrogens is 331 g/mol. The van der Waals surface area contributed by atoms with Crippen LogP contribution >= 0.6 is 0 Å². The molecule has 0 aliphatic carbocycles. The molecule has 140 valence electrons. The van der Waals surface area contributed by atoms with Gasteiger partial charge in [-0.05, 0) is 45.1 Å². The molecule has 0 unspecified atom stereocenters. The maximum absolute atomic E-state index is 14.0.